The van der Waals surface area contributed by atoms with Crippen molar-refractivity contribution in [2.24, 2.45) is 0 Å². The van der Waals surface area contributed by atoms with Gasteiger partial charge < -0.3 is 24.8 Å². The normalized spacial score (nSPS) is 12.6. The SMILES string of the molecule is COC(=O)C(CNC(=O)OCC1c2ccccc2-c2ccccc21)NC(=O)OCc1ccccc1. The number of hydrogen-bond acceptors (Lipinski definition) is 6. The zero-order valence-corrected chi connectivity index (χ0v) is 19.2. The highest BCUT2D eigenvalue weighted by Gasteiger charge is 2.29. The number of carbonyl (C=O) groups excluding carboxylic acids is 3. The highest BCUT2D eigenvalue weighted by molar-refractivity contribution is 5.82. The van der Waals surface area contributed by atoms with Gasteiger partial charge in [0.1, 0.15) is 19.3 Å². The molecular weight excluding hydrogens is 448 g/mol. The smallest absolute Gasteiger partial charge is 0.408 e. The third-order valence-electron chi connectivity index (χ3n) is 5.78. The first-order valence-electron chi connectivity index (χ1n) is 11.2. The lowest BCUT2D eigenvalue weighted by molar-refractivity contribution is -0.142. The average molecular weight is 475 g/mol. The van der Waals surface area contributed by atoms with Crippen LogP contribution in [0.3, 0.4) is 0 Å². The Morgan fingerprint density at radius 1 is 0.800 bits per heavy atom. The predicted molar refractivity (Wildman–Crippen MR) is 129 cm³/mol. The fourth-order valence-corrected chi connectivity index (χ4v) is 4.08. The zero-order chi connectivity index (χ0) is 24.6. The minimum atomic E-state index is -1.14. The van der Waals surface area contributed by atoms with E-state index in [0.717, 1.165) is 27.8 Å². The summed E-state index contributed by atoms with van der Waals surface area (Å²) in [6.07, 6.45) is -1.51. The number of fused-ring (bicyclic) bond motifs is 3. The molecule has 8 nitrogen and oxygen atoms in total. The van der Waals surface area contributed by atoms with Crippen molar-refractivity contribution >= 4 is 18.2 Å². The first kappa shape index (κ1) is 23.8. The van der Waals surface area contributed by atoms with Gasteiger partial charge in [-0.3, -0.25) is 0 Å². The van der Waals surface area contributed by atoms with Gasteiger partial charge in [-0.1, -0.05) is 78.9 Å². The fourth-order valence-electron chi connectivity index (χ4n) is 4.08. The summed E-state index contributed by atoms with van der Waals surface area (Å²) in [6, 6.07) is 24.0. The van der Waals surface area contributed by atoms with Gasteiger partial charge in [-0.2, -0.15) is 0 Å². The number of esters is 1. The average Bonchev–Trinajstić information content (AvgIpc) is 3.22. The monoisotopic (exact) mass is 474 g/mol. The van der Waals surface area contributed by atoms with Crippen LogP contribution < -0.4 is 10.6 Å². The maximum atomic E-state index is 12.4. The molecule has 180 valence electrons. The van der Waals surface area contributed by atoms with Crippen LogP contribution in [0.15, 0.2) is 78.9 Å². The summed E-state index contributed by atoms with van der Waals surface area (Å²) in [5, 5.41) is 4.93. The first-order valence-corrected chi connectivity index (χ1v) is 11.2. The molecule has 2 N–H and O–H groups in total. The van der Waals surface area contributed by atoms with Gasteiger partial charge in [0.25, 0.3) is 0 Å². The number of rotatable bonds is 8. The van der Waals surface area contributed by atoms with E-state index in [1.807, 2.05) is 66.7 Å². The molecule has 2 amide bonds. The Bertz CT molecular complexity index is 1150. The number of amides is 2. The van der Waals surface area contributed by atoms with E-state index < -0.39 is 24.2 Å². The maximum Gasteiger partial charge on any atom is 0.408 e. The molecule has 0 bridgehead atoms. The van der Waals surface area contributed by atoms with Crippen LogP contribution in [0.25, 0.3) is 11.1 Å². The summed E-state index contributed by atoms with van der Waals surface area (Å²) in [5.74, 6) is -0.809. The Morgan fingerprint density at radius 3 is 2.03 bits per heavy atom. The van der Waals surface area contributed by atoms with Gasteiger partial charge in [0.2, 0.25) is 0 Å². The molecule has 0 fully saturated rings. The van der Waals surface area contributed by atoms with Crippen LogP contribution in [0.2, 0.25) is 0 Å². The summed E-state index contributed by atoms with van der Waals surface area (Å²) in [5.41, 5.74) is 5.24. The zero-order valence-electron chi connectivity index (χ0n) is 19.2. The molecule has 0 aliphatic heterocycles. The maximum absolute atomic E-state index is 12.4. The van der Waals surface area contributed by atoms with E-state index in [4.69, 9.17) is 14.2 Å². The van der Waals surface area contributed by atoms with Crippen molar-refractivity contribution in [2.75, 3.05) is 20.3 Å². The molecule has 1 aliphatic carbocycles. The lowest BCUT2D eigenvalue weighted by atomic mass is 9.98. The summed E-state index contributed by atoms with van der Waals surface area (Å²) < 4.78 is 15.3. The number of nitrogens with one attached hydrogen (secondary N) is 2. The molecule has 0 heterocycles. The lowest BCUT2D eigenvalue weighted by Crippen LogP contribution is -2.49. The first-order chi connectivity index (χ1) is 17.1. The van der Waals surface area contributed by atoms with Crippen molar-refractivity contribution in [3.63, 3.8) is 0 Å². The Kier molecular flexibility index (Phi) is 7.62. The van der Waals surface area contributed by atoms with E-state index in [0.29, 0.717) is 0 Å². The van der Waals surface area contributed by atoms with E-state index in [1.165, 1.54) is 7.11 Å². The molecule has 0 saturated carbocycles. The molecular formula is C27H26N2O6. The number of alkyl carbamates (subject to hydrolysis) is 2. The largest absolute Gasteiger partial charge is 0.467 e. The molecule has 1 aliphatic rings. The van der Waals surface area contributed by atoms with Gasteiger partial charge in [-0.25, -0.2) is 14.4 Å². The second kappa shape index (κ2) is 11.2. The summed E-state index contributed by atoms with van der Waals surface area (Å²) >= 11 is 0. The molecule has 1 unspecified atom stereocenters. The summed E-state index contributed by atoms with van der Waals surface area (Å²) in [6.45, 7) is -0.0422. The van der Waals surface area contributed by atoms with E-state index in [-0.39, 0.29) is 25.7 Å². The van der Waals surface area contributed by atoms with Crippen molar-refractivity contribution in [3.8, 4) is 11.1 Å². The van der Waals surface area contributed by atoms with Crippen molar-refractivity contribution in [1.29, 1.82) is 0 Å². The molecule has 1 atom stereocenters. The third-order valence-corrected chi connectivity index (χ3v) is 5.78. The third kappa shape index (κ3) is 5.78. The van der Waals surface area contributed by atoms with E-state index in [9.17, 15) is 14.4 Å². The highest BCUT2D eigenvalue weighted by atomic mass is 16.6. The number of carbonyl (C=O) groups is 3. The molecule has 0 spiro atoms. The Morgan fingerprint density at radius 2 is 1.40 bits per heavy atom. The second-order valence-corrected chi connectivity index (χ2v) is 7.99. The van der Waals surface area contributed by atoms with E-state index in [1.54, 1.807) is 0 Å². The highest BCUT2D eigenvalue weighted by Crippen LogP contribution is 2.44. The van der Waals surface area contributed by atoms with Crippen LogP contribution in [0, 0.1) is 0 Å². The van der Waals surface area contributed by atoms with Gasteiger partial charge in [-0.05, 0) is 27.8 Å². The Balaban J connectivity index is 1.30. The van der Waals surface area contributed by atoms with Gasteiger partial charge in [0.05, 0.1) is 13.7 Å². The van der Waals surface area contributed by atoms with Crippen LogP contribution in [0.5, 0.6) is 0 Å². The van der Waals surface area contributed by atoms with E-state index in [2.05, 4.69) is 22.8 Å². The molecule has 8 heteroatoms. The van der Waals surface area contributed by atoms with Crippen LogP contribution in [0.4, 0.5) is 9.59 Å². The molecule has 4 rings (SSSR count). The second-order valence-electron chi connectivity index (χ2n) is 7.99. The molecule has 3 aromatic carbocycles. The van der Waals surface area contributed by atoms with Gasteiger partial charge in [0.15, 0.2) is 0 Å². The Labute approximate surface area is 203 Å². The van der Waals surface area contributed by atoms with Crippen molar-refractivity contribution < 1.29 is 28.6 Å². The van der Waals surface area contributed by atoms with Crippen LogP contribution in [0.1, 0.15) is 22.6 Å². The number of benzene rings is 3. The standard InChI is InChI=1S/C27H26N2O6/c1-33-25(30)24(29-27(32)34-16-18-9-3-2-4-10-18)15-28-26(31)35-17-23-21-13-7-5-11-19(21)20-12-6-8-14-22(20)23/h2-14,23-24H,15-17H2,1H3,(H,28,31)(H,29,32). The minimum absolute atomic E-state index is 0.0420. The van der Waals surface area contributed by atoms with Crippen molar-refractivity contribution in [3.05, 3.63) is 95.6 Å². The molecule has 3 aromatic rings. The lowest BCUT2D eigenvalue weighted by Gasteiger charge is -2.18. The van der Waals surface area contributed by atoms with Gasteiger partial charge in [-0.15, -0.1) is 0 Å². The fraction of sp³-hybridized carbons (Fsp3) is 0.222. The van der Waals surface area contributed by atoms with Crippen LogP contribution in [-0.2, 0) is 25.6 Å². The molecule has 0 radical (unpaired) electrons. The molecule has 0 saturated heterocycles. The summed E-state index contributed by atoms with van der Waals surface area (Å²) in [4.78, 5) is 36.6. The quantitative estimate of drug-likeness (QED) is 0.378. The summed E-state index contributed by atoms with van der Waals surface area (Å²) in [7, 11) is 1.19. The van der Waals surface area contributed by atoms with Gasteiger partial charge in [0, 0.05) is 5.92 Å². The molecule has 0 aromatic heterocycles. The van der Waals surface area contributed by atoms with Crippen molar-refractivity contribution in [2.45, 2.75) is 18.6 Å². The minimum Gasteiger partial charge on any atom is -0.467 e. The van der Waals surface area contributed by atoms with Crippen LogP contribution >= 0.6 is 0 Å². The van der Waals surface area contributed by atoms with E-state index >= 15 is 0 Å². The number of hydrogen-bond donors (Lipinski definition) is 2. The van der Waals surface area contributed by atoms with Crippen LogP contribution in [-0.4, -0.2) is 44.5 Å². The number of ether oxygens (including phenoxy) is 3. The topological polar surface area (TPSA) is 103 Å². The number of methoxy groups -OCH3 is 1. The predicted octanol–water partition coefficient (Wildman–Crippen LogP) is 3.99. The molecule has 35 heavy (non-hydrogen) atoms. The van der Waals surface area contributed by atoms with Crippen molar-refractivity contribution in [1.82, 2.24) is 10.6 Å². The van der Waals surface area contributed by atoms with Gasteiger partial charge >= 0.3 is 18.2 Å². The Hall–Kier alpha value is -4.33.